The molecule has 2 atom stereocenters. The van der Waals surface area contributed by atoms with Crippen LogP contribution in [0.25, 0.3) is 5.69 Å². The van der Waals surface area contributed by atoms with Crippen molar-refractivity contribution in [1.82, 2.24) is 29.8 Å². The standard InChI is InChI=1S/C17H20N6O2/c1-12-9-22(2)10-14(24-12)17-19-15(21-25-17)8-16-20-18-11-23(16)13-6-4-3-5-7-13/h3-7,11-12,14H,8-10H2,1-2H3/t12-,14-/m1/s1. The maximum absolute atomic E-state index is 5.91. The third-order valence-corrected chi connectivity index (χ3v) is 4.17. The van der Waals surface area contributed by atoms with Crippen LogP contribution in [-0.4, -0.2) is 56.0 Å². The predicted molar refractivity (Wildman–Crippen MR) is 89.2 cm³/mol. The third kappa shape index (κ3) is 3.45. The summed E-state index contributed by atoms with van der Waals surface area (Å²) in [4.78, 5) is 6.71. The van der Waals surface area contributed by atoms with Gasteiger partial charge in [0, 0.05) is 18.8 Å². The van der Waals surface area contributed by atoms with Crippen molar-refractivity contribution in [3.8, 4) is 5.69 Å². The van der Waals surface area contributed by atoms with E-state index in [1.165, 1.54) is 0 Å². The second-order valence-corrected chi connectivity index (χ2v) is 6.33. The van der Waals surface area contributed by atoms with Crippen molar-refractivity contribution in [2.24, 2.45) is 0 Å². The van der Waals surface area contributed by atoms with Crippen LogP contribution in [0.3, 0.4) is 0 Å². The molecule has 1 fully saturated rings. The van der Waals surface area contributed by atoms with Gasteiger partial charge in [0.1, 0.15) is 18.3 Å². The van der Waals surface area contributed by atoms with Gasteiger partial charge >= 0.3 is 0 Å². The van der Waals surface area contributed by atoms with Crippen molar-refractivity contribution in [3.05, 3.63) is 54.2 Å². The zero-order valence-electron chi connectivity index (χ0n) is 14.2. The molecular weight excluding hydrogens is 320 g/mol. The third-order valence-electron chi connectivity index (χ3n) is 4.17. The van der Waals surface area contributed by atoms with E-state index in [4.69, 9.17) is 9.26 Å². The Bertz CT molecular complexity index is 821. The smallest absolute Gasteiger partial charge is 0.257 e. The largest absolute Gasteiger partial charge is 0.363 e. The van der Waals surface area contributed by atoms with Gasteiger partial charge in [-0.15, -0.1) is 10.2 Å². The lowest BCUT2D eigenvalue weighted by Crippen LogP contribution is -2.40. The number of para-hydroxylation sites is 1. The summed E-state index contributed by atoms with van der Waals surface area (Å²) in [6.45, 7) is 3.69. The zero-order valence-corrected chi connectivity index (χ0v) is 14.2. The van der Waals surface area contributed by atoms with Gasteiger partial charge in [-0.2, -0.15) is 4.98 Å². The molecule has 0 spiro atoms. The normalized spacial score (nSPS) is 21.5. The summed E-state index contributed by atoms with van der Waals surface area (Å²) in [5.74, 6) is 1.84. The van der Waals surface area contributed by atoms with Crippen LogP contribution >= 0.6 is 0 Å². The van der Waals surface area contributed by atoms with Crippen LogP contribution < -0.4 is 0 Å². The molecule has 130 valence electrons. The minimum Gasteiger partial charge on any atom is -0.363 e. The van der Waals surface area contributed by atoms with Gasteiger partial charge in [-0.25, -0.2) is 0 Å². The first-order chi connectivity index (χ1) is 12.2. The van der Waals surface area contributed by atoms with Crippen LogP contribution in [0.5, 0.6) is 0 Å². The van der Waals surface area contributed by atoms with E-state index in [2.05, 4.69) is 32.3 Å². The van der Waals surface area contributed by atoms with E-state index in [0.29, 0.717) is 18.1 Å². The Kier molecular flexibility index (Phi) is 4.29. The second-order valence-electron chi connectivity index (χ2n) is 6.33. The van der Waals surface area contributed by atoms with E-state index in [1.807, 2.05) is 41.8 Å². The predicted octanol–water partition coefficient (Wildman–Crippen LogP) is 1.63. The summed E-state index contributed by atoms with van der Waals surface area (Å²) in [6, 6.07) is 9.93. The van der Waals surface area contributed by atoms with E-state index in [9.17, 15) is 0 Å². The highest BCUT2D eigenvalue weighted by Crippen LogP contribution is 2.23. The van der Waals surface area contributed by atoms with Crippen molar-refractivity contribution in [3.63, 3.8) is 0 Å². The summed E-state index contributed by atoms with van der Waals surface area (Å²) in [6.07, 6.45) is 2.07. The average molecular weight is 340 g/mol. The molecule has 0 amide bonds. The highest BCUT2D eigenvalue weighted by atomic mass is 16.5. The Hall–Kier alpha value is -2.58. The van der Waals surface area contributed by atoms with E-state index in [-0.39, 0.29) is 12.2 Å². The Morgan fingerprint density at radius 3 is 2.84 bits per heavy atom. The Labute approximate surface area is 145 Å². The molecule has 1 aromatic carbocycles. The molecule has 3 aromatic rings. The molecule has 2 aromatic heterocycles. The fourth-order valence-corrected chi connectivity index (χ4v) is 3.09. The first-order valence-electron chi connectivity index (χ1n) is 8.30. The minimum atomic E-state index is -0.193. The first-order valence-corrected chi connectivity index (χ1v) is 8.30. The van der Waals surface area contributed by atoms with Gasteiger partial charge in [0.2, 0.25) is 0 Å². The van der Waals surface area contributed by atoms with Crippen molar-refractivity contribution in [1.29, 1.82) is 0 Å². The molecule has 0 aliphatic carbocycles. The summed E-state index contributed by atoms with van der Waals surface area (Å²) in [5, 5.41) is 12.3. The summed E-state index contributed by atoms with van der Waals surface area (Å²) in [7, 11) is 2.06. The highest BCUT2D eigenvalue weighted by Gasteiger charge is 2.28. The molecule has 1 saturated heterocycles. The zero-order chi connectivity index (χ0) is 17.2. The van der Waals surface area contributed by atoms with Gasteiger partial charge in [-0.1, -0.05) is 23.4 Å². The topological polar surface area (TPSA) is 82.1 Å². The minimum absolute atomic E-state index is 0.139. The van der Waals surface area contributed by atoms with Gasteiger partial charge in [0.15, 0.2) is 5.82 Å². The van der Waals surface area contributed by atoms with Gasteiger partial charge < -0.3 is 14.2 Å². The summed E-state index contributed by atoms with van der Waals surface area (Å²) in [5.41, 5.74) is 0.997. The highest BCUT2D eigenvalue weighted by molar-refractivity contribution is 5.32. The maximum Gasteiger partial charge on any atom is 0.257 e. The molecule has 0 unspecified atom stereocenters. The van der Waals surface area contributed by atoms with Crippen molar-refractivity contribution in [2.75, 3.05) is 20.1 Å². The molecule has 3 heterocycles. The van der Waals surface area contributed by atoms with Crippen LogP contribution in [0.2, 0.25) is 0 Å². The summed E-state index contributed by atoms with van der Waals surface area (Å²) >= 11 is 0. The molecule has 1 aliphatic rings. The van der Waals surface area contributed by atoms with E-state index in [0.717, 1.165) is 24.6 Å². The number of rotatable bonds is 4. The van der Waals surface area contributed by atoms with Crippen molar-refractivity contribution in [2.45, 2.75) is 25.6 Å². The lowest BCUT2D eigenvalue weighted by atomic mass is 10.2. The molecular formula is C17H20N6O2. The Morgan fingerprint density at radius 2 is 2.04 bits per heavy atom. The number of benzene rings is 1. The average Bonchev–Trinajstić information content (AvgIpc) is 3.25. The van der Waals surface area contributed by atoms with E-state index < -0.39 is 0 Å². The quantitative estimate of drug-likeness (QED) is 0.714. The lowest BCUT2D eigenvalue weighted by molar-refractivity contribution is -0.0838. The van der Waals surface area contributed by atoms with E-state index in [1.54, 1.807) is 6.33 Å². The summed E-state index contributed by atoms with van der Waals surface area (Å²) < 4.78 is 13.3. The number of hydrogen-bond donors (Lipinski definition) is 0. The molecule has 0 saturated carbocycles. The monoisotopic (exact) mass is 340 g/mol. The van der Waals surface area contributed by atoms with Gasteiger partial charge in [0.25, 0.3) is 5.89 Å². The lowest BCUT2D eigenvalue weighted by Gasteiger charge is -2.32. The number of ether oxygens (including phenoxy) is 1. The van der Waals surface area contributed by atoms with E-state index >= 15 is 0 Å². The number of hydrogen-bond acceptors (Lipinski definition) is 7. The van der Waals surface area contributed by atoms with Crippen LogP contribution in [0.1, 0.15) is 30.6 Å². The van der Waals surface area contributed by atoms with Crippen molar-refractivity contribution >= 4 is 0 Å². The Morgan fingerprint density at radius 1 is 1.20 bits per heavy atom. The first kappa shape index (κ1) is 15.9. The SMILES string of the molecule is C[C@@H]1CN(C)C[C@H](c2nc(Cc3nncn3-c3ccccc3)no2)O1. The number of aromatic nitrogens is 5. The fraction of sp³-hybridized carbons (Fsp3) is 0.412. The molecule has 8 heteroatoms. The molecule has 0 radical (unpaired) electrons. The van der Waals surface area contributed by atoms with Crippen LogP contribution in [0, 0.1) is 0 Å². The molecule has 4 rings (SSSR count). The molecule has 0 N–H and O–H groups in total. The van der Waals surface area contributed by atoms with Crippen molar-refractivity contribution < 1.29 is 9.26 Å². The number of nitrogens with zero attached hydrogens (tertiary/aromatic N) is 6. The van der Waals surface area contributed by atoms with Gasteiger partial charge in [-0.3, -0.25) is 4.57 Å². The van der Waals surface area contributed by atoms with Gasteiger partial charge in [-0.05, 0) is 26.1 Å². The van der Waals surface area contributed by atoms with Gasteiger partial charge in [0.05, 0.1) is 12.5 Å². The maximum atomic E-state index is 5.91. The molecule has 1 aliphatic heterocycles. The second kappa shape index (κ2) is 6.73. The van der Waals surface area contributed by atoms with Crippen LogP contribution in [0.4, 0.5) is 0 Å². The molecule has 8 nitrogen and oxygen atoms in total. The number of likely N-dealkylation sites (N-methyl/N-ethyl adjacent to an activating group) is 1. The fourth-order valence-electron chi connectivity index (χ4n) is 3.09. The number of morpholine rings is 1. The molecule has 25 heavy (non-hydrogen) atoms. The van der Waals surface area contributed by atoms with Crippen LogP contribution in [-0.2, 0) is 11.2 Å². The molecule has 0 bridgehead atoms. The Balaban J connectivity index is 1.52. The van der Waals surface area contributed by atoms with Crippen LogP contribution in [0.15, 0.2) is 41.2 Å².